The van der Waals surface area contributed by atoms with Crippen molar-refractivity contribution in [2.24, 2.45) is 5.73 Å². The van der Waals surface area contributed by atoms with Gasteiger partial charge in [-0.2, -0.15) is 0 Å². The van der Waals surface area contributed by atoms with E-state index in [2.05, 4.69) is 0 Å². The zero-order valence-electron chi connectivity index (χ0n) is 6.25. The molecule has 0 saturated carbocycles. The number of aliphatic hydroxyl groups excluding tert-OH is 3. The van der Waals surface area contributed by atoms with Crippen LogP contribution in [0.25, 0.3) is 0 Å². The molecule has 1 heterocycles. The van der Waals surface area contributed by atoms with E-state index in [4.69, 9.17) is 25.8 Å². The molecule has 1 aliphatic rings. The number of rotatable bonds is 1. The third-order valence-corrected chi connectivity index (χ3v) is 1.78. The quantitative estimate of drug-likeness (QED) is 0.340. The Bertz CT molecular complexity index is 185. The molecule has 1 saturated heterocycles. The maximum Gasteiger partial charge on any atom is 0.249 e. The van der Waals surface area contributed by atoms with Gasteiger partial charge in [0.05, 0.1) is 6.61 Å². The average molecular weight is 177 g/mol. The lowest BCUT2D eigenvalue weighted by molar-refractivity contribution is -0.190. The second-order valence-electron chi connectivity index (χ2n) is 2.70. The van der Waals surface area contributed by atoms with Crippen molar-refractivity contribution in [1.82, 2.24) is 0 Å². The largest absolute Gasteiger partial charge is 0.388 e. The number of amides is 1. The van der Waals surface area contributed by atoms with Gasteiger partial charge in [0.2, 0.25) is 5.91 Å². The van der Waals surface area contributed by atoms with Gasteiger partial charge in [-0.25, -0.2) is 0 Å². The molecule has 0 aromatic rings. The summed E-state index contributed by atoms with van der Waals surface area (Å²) in [6.45, 7) is -0.203. The molecule has 12 heavy (non-hydrogen) atoms. The van der Waals surface area contributed by atoms with E-state index in [-0.39, 0.29) is 6.61 Å². The average Bonchev–Trinajstić information content (AvgIpc) is 2.00. The topological polar surface area (TPSA) is 113 Å². The standard InChI is InChI=1S/C6H11NO5/c7-6(11)5-4(10)3(9)2(8)1-12-5/h2-5,8-10H,1H2,(H2,7,11)/t2-,3-,4-,5+/m1/s1. The molecule has 1 amide bonds. The second kappa shape index (κ2) is 3.36. The molecular weight excluding hydrogens is 166 g/mol. The smallest absolute Gasteiger partial charge is 0.249 e. The number of hydrogen-bond acceptors (Lipinski definition) is 5. The first-order valence-electron chi connectivity index (χ1n) is 3.49. The monoisotopic (exact) mass is 177 g/mol. The van der Waals surface area contributed by atoms with Crippen LogP contribution < -0.4 is 5.73 Å². The summed E-state index contributed by atoms with van der Waals surface area (Å²) in [6, 6.07) is 0. The predicted molar refractivity (Wildman–Crippen MR) is 37.0 cm³/mol. The van der Waals surface area contributed by atoms with Crippen LogP contribution in [-0.2, 0) is 9.53 Å². The zero-order chi connectivity index (χ0) is 9.30. The third kappa shape index (κ3) is 1.56. The van der Waals surface area contributed by atoms with Gasteiger partial charge in [-0.1, -0.05) is 0 Å². The summed E-state index contributed by atoms with van der Waals surface area (Å²) < 4.78 is 4.70. The van der Waals surface area contributed by atoms with E-state index in [0.29, 0.717) is 0 Å². The zero-order valence-corrected chi connectivity index (χ0v) is 6.25. The summed E-state index contributed by atoms with van der Waals surface area (Å²) in [4.78, 5) is 10.6. The van der Waals surface area contributed by atoms with Crippen molar-refractivity contribution in [2.45, 2.75) is 24.4 Å². The molecule has 0 aliphatic carbocycles. The number of ether oxygens (including phenoxy) is 1. The Hall–Kier alpha value is -0.690. The lowest BCUT2D eigenvalue weighted by Gasteiger charge is -2.33. The molecule has 70 valence electrons. The fourth-order valence-corrected chi connectivity index (χ4v) is 1.06. The number of primary amides is 1. The number of carbonyl (C=O) groups excluding carboxylic acids is 1. The highest BCUT2D eigenvalue weighted by atomic mass is 16.5. The fourth-order valence-electron chi connectivity index (χ4n) is 1.06. The van der Waals surface area contributed by atoms with Crippen LogP contribution in [0.15, 0.2) is 0 Å². The van der Waals surface area contributed by atoms with Gasteiger partial charge >= 0.3 is 0 Å². The summed E-state index contributed by atoms with van der Waals surface area (Å²) >= 11 is 0. The lowest BCUT2D eigenvalue weighted by Crippen LogP contribution is -2.57. The van der Waals surface area contributed by atoms with Gasteiger partial charge in [0.1, 0.15) is 18.3 Å². The summed E-state index contributed by atoms with van der Waals surface area (Å²) in [7, 11) is 0. The minimum atomic E-state index is -1.45. The van der Waals surface area contributed by atoms with Crippen LogP contribution in [0.2, 0.25) is 0 Å². The Morgan fingerprint density at radius 2 is 1.92 bits per heavy atom. The highest BCUT2D eigenvalue weighted by molar-refractivity contribution is 5.79. The van der Waals surface area contributed by atoms with E-state index in [9.17, 15) is 4.79 Å². The van der Waals surface area contributed by atoms with Gasteiger partial charge in [0.25, 0.3) is 0 Å². The van der Waals surface area contributed by atoms with E-state index in [0.717, 1.165) is 0 Å². The van der Waals surface area contributed by atoms with Crippen LogP contribution in [0.5, 0.6) is 0 Å². The number of hydrogen-bond donors (Lipinski definition) is 4. The molecule has 1 aliphatic heterocycles. The highest BCUT2D eigenvalue weighted by Gasteiger charge is 2.40. The van der Waals surface area contributed by atoms with Gasteiger partial charge in [-0.15, -0.1) is 0 Å². The lowest BCUT2D eigenvalue weighted by atomic mass is 10.00. The Kier molecular flexibility index (Phi) is 2.63. The Morgan fingerprint density at radius 1 is 1.33 bits per heavy atom. The second-order valence-corrected chi connectivity index (χ2v) is 2.70. The Balaban J connectivity index is 2.65. The van der Waals surface area contributed by atoms with Crippen LogP contribution in [0, 0.1) is 0 Å². The molecule has 6 heteroatoms. The molecule has 4 atom stereocenters. The van der Waals surface area contributed by atoms with Crippen LogP contribution in [-0.4, -0.2) is 52.2 Å². The molecular formula is C6H11NO5. The first-order chi connectivity index (χ1) is 5.54. The van der Waals surface area contributed by atoms with Crippen molar-refractivity contribution < 1.29 is 24.9 Å². The van der Waals surface area contributed by atoms with Gasteiger partial charge in [0.15, 0.2) is 6.10 Å². The van der Waals surface area contributed by atoms with Crippen molar-refractivity contribution >= 4 is 5.91 Å². The van der Waals surface area contributed by atoms with Crippen molar-refractivity contribution in [1.29, 1.82) is 0 Å². The highest BCUT2D eigenvalue weighted by Crippen LogP contribution is 2.14. The van der Waals surface area contributed by atoms with E-state index in [1.165, 1.54) is 0 Å². The molecule has 0 radical (unpaired) electrons. The first kappa shape index (κ1) is 9.40. The number of carbonyl (C=O) groups is 1. The summed E-state index contributed by atoms with van der Waals surface area (Å²) in [5.41, 5.74) is 4.85. The van der Waals surface area contributed by atoms with Crippen LogP contribution in [0.4, 0.5) is 0 Å². The molecule has 6 nitrogen and oxygen atoms in total. The minimum absolute atomic E-state index is 0.203. The molecule has 0 bridgehead atoms. The van der Waals surface area contributed by atoms with Gasteiger partial charge in [0, 0.05) is 0 Å². The van der Waals surface area contributed by atoms with Gasteiger partial charge < -0.3 is 25.8 Å². The molecule has 5 N–H and O–H groups in total. The molecule has 0 aromatic carbocycles. The van der Waals surface area contributed by atoms with E-state index >= 15 is 0 Å². The van der Waals surface area contributed by atoms with E-state index in [1.807, 2.05) is 0 Å². The maximum atomic E-state index is 10.6. The third-order valence-electron chi connectivity index (χ3n) is 1.78. The summed E-state index contributed by atoms with van der Waals surface area (Å²) in [6.07, 6.45) is -5.23. The minimum Gasteiger partial charge on any atom is -0.388 e. The van der Waals surface area contributed by atoms with Gasteiger partial charge in [-0.3, -0.25) is 4.79 Å². The van der Waals surface area contributed by atoms with Crippen LogP contribution >= 0.6 is 0 Å². The number of nitrogens with two attached hydrogens (primary N) is 1. The van der Waals surface area contributed by atoms with Crippen molar-refractivity contribution in [2.75, 3.05) is 6.61 Å². The molecule has 0 spiro atoms. The normalized spacial score (nSPS) is 42.6. The molecule has 1 fully saturated rings. The maximum absolute atomic E-state index is 10.6. The SMILES string of the molecule is NC(=O)[C@H]1OC[C@@H](O)[C@@H](O)[C@H]1O. The predicted octanol–water partition coefficient (Wildman–Crippen LogP) is -3.05. The van der Waals surface area contributed by atoms with Crippen molar-refractivity contribution in [3.8, 4) is 0 Å². The van der Waals surface area contributed by atoms with Crippen LogP contribution in [0.1, 0.15) is 0 Å². The summed E-state index contributed by atoms with van der Waals surface area (Å²) in [5.74, 6) is -0.853. The fraction of sp³-hybridized carbons (Fsp3) is 0.833. The van der Waals surface area contributed by atoms with Crippen molar-refractivity contribution in [3.05, 3.63) is 0 Å². The van der Waals surface area contributed by atoms with E-state index < -0.39 is 30.3 Å². The Morgan fingerprint density at radius 3 is 2.42 bits per heavy atom. The Labute approximate surface area is 68.6 Å². The van der Waals surface area contributed by atoms with Crippen LogP contribution in [0.3, 0.4) is 0 Å². The molecule has 1 rings (SSSR count). The molecule has 0 unspecified atom stereocenters. The van der Waals surface area contributed by atoms with Crippen molar-refractivity contribution in [3.63, 3.8) is 0 Å². The first-order valence-corrected chi connectivity index (χ1v) is 3.49. The number of aliphatic hydroxyl groups is 3. The van der Waals surface area contributed by atoms with Gasteiger partial charge in [-0.05, 0) is 0 Å². The summed E-state index contributed by atoms with van der Waals surface area (Å²) in [5, 5.41) is 27.2. The molecule has 0 aromatic heterocycles. The van der Waals surface area contributed by atoms with E-state index in [1.54, 1.807) is 0 Å².